The second-order valence-corrected chi connectivity index (χ2v) is 9.98. The highest BCUT2D eigenvalue weighted by Crippen LogP contribution is 2.39. The lowest BCUT2D eigenvalue weighted by molar-refractivity contribution is -0.118. The topological polar surface area (TPSA) is 102 Å². The SMILES string of the molecule is COc1ccc(OC2CCCN(S(=O)(=O)c3cc4c5c(c3)CCN5C(=O)CC4)C2)nn1. The van der Waals surface area contributed by atoms with Crippen LogP contribution in [0.15, 0.2) is 29.2 Å². The van der Waals surface area contributed by atoms with Crippen molar-refractivity contribution < 1.29 is 22.7 Å². The number of carbonyl (C=O) groups is 1. The Balaban J connectivity index is 1.36. The molecule has 10 heteroatoms. The zero-order valence-corrected chi connectivity index (χ0v) is 18.1. The van der Waals surface area contributed by atoms with Crippen LogP contribution < -0.4 is 14.4 Å². The molecule has 1 aromatic carbocycles. The van der Waals surface area contributed by atoms with Gasteiger partial charge < -0.3 is 14.4 Å². The quantitative estimate of drug-likeness (QED) is 0.690. The first-order valence-corrected chi connectivity index (χ1v) is 11.9. The van der Waals surface area contributed by atoms with Gasteiger partial charge in [0.05, 0.1) is 24.2 Å². The fraction of sp³-hybridized carbons (Fsp3) is 0.476. The predicted molar refractivity (Wildman–Crippen MR) is 112 cm³/mol. The number of sulfonamides is 1. The molecule has 1 aromatic heterocycles. The van der Waals surface area contributed by atoms with Crippen molar-refractivity contribution in [2.45, 2.75) is 43.1 Å². The summed E-state index contributed by atoms with van der Waals surface area (Å²) in [6, 6.07) is 6.81. The molecule has 1 atom stereocenters. The fourth-order valence-electron chi connectivity index (χ4n) is 4.59. The third kappa shape index (κ3) is 3.63. The highest BCUT2D eigenvalue weighted by molar-refractivity contribution is 7.89. The van der Waals surface area contributed by atoms with Gasteiger partial charge in [0.2, 0.25) is 27.7 Å². The number of aromatic nitrogens is 2. The molecule has 0 bridgehead atoms. The average molecular weight is 445 g/mol. The van der Waals surface area contributed by atoms with Crippen LogP contribution in [-0.2, 0) is 27.7 Å². The number of carbonyl (C=O) groups excluding carboxylic acids is 1. The number of ether oxygens (including phenoxy) is 2. The van der Waals surface area contributed by atoms with Crippen molar-refractivity contribution in [2.24, 2.45) is 0 Å². The van der Waals surface area contributed by atoms with Crippen LogP contribution in [0.2, 0.25) is 0 Å². The predicted octanol–water partition coefficient (Wildman–Crippen LogP) is 1.55. The third-order valence-corrected chi connectivity index (χ3v) is 7.96. The van der Waals surface area contributed by atoms with Crippen LogP contribution in [0.4, 0.5) is 5.69 Å². The van der Waals surface area contributed by atoms with E-state index in [0.29, 0.717) is 55.4 Å². The summed E-state index contributed by atoms with van der Waals surface area (Å²) in [5.41, 5.74) is 2.82. The zero-order chi connectivity index (χ0) is 21.6. The number of hydrogen-bond donors (Lipinski definition) is 0. The minimum atomic E-state index is -3.67. The van der Waals surface area contributed by atoms with Crippen molar-refractivity contribution in [3.05, 3.63) is 35.4 Å². The lowest BCUT2D eigenvalue weighted by atomic mass is 10.00. The molecule has 3 aliphatic rings. The van der Waals surface area contributed by atoms with Crippen molar-refractivity contribution in [1.82, 2.24) is 14.5 Å². The van der Waals surface area contributed by atoms with Crippen molar-refractivity contribution in [1.29, 1.82) is 0 Å². The largest absolute Gasteiger partial charge is 0.480 e. The molecule has 1 unspecified atom stereocenters. The first kappa shape index (κ1) is 20.2. The Bertz CT molecular complexity index is 1120. The number of anilines is 1. The van der Waals surface area contributed by atoms with Gasteiger partial charge in [-0.25, -0.2) is 8.42 Å². The molecule has 0 N–H and O–H groups in total. The van der Waals surface area contributed by atoms with E-state index in [0.717, 1.165) is 23.2 Å². The first-order chi connectivity index (χ1) is 15.0. The summed E-state index contributed by atoms with van der Waals surface area (Å²) in [6.45, 7) is 1.34. The number of piperidine rings is 1. The third-order valence-electron chi connectivity index (χ3n) is 6.12. The fourth-order valence-corrected chi connectivity index (χ4v) is 6.21. The van der Waals surface area contributed by atoms with Gasteiger partial charge in [0.1, 0.15) is 6.10 Å². The lowest BCUT2D eigenvalue weighted by Crippen LogP contribution is -2.44. The Kier molecular flexibility index (Phi) is 5.05. The second-order valence-electron chi connectivity index (χ2n) is 8.04. The van der Waals surface area contributed by atoms with E-state index in [1.54, 1.807) is 29.2 Å². The van der Waals surface area contributed by atoms with Crippen LogP contribution in [0.1, 0.15) is 30.4 Å². The summed E-state index contributed by atoms with van der Waals surface area (Å²) in [4.78, 5) is 14.2. The van der Waals surface area contributed by atoms with Crippen LogP contribution in [-0.4, -0.2) is 61.7 Å². The summed E-state index contributed by atoms with van der Waals surface area (Å²) in [6.07, 6.45) is 2.85. The van der Waals surface area contributed by atoms with Gasteiger partial charge in [-0.3, -0.25) is 4.79 Å². The molecule has 5 rings (SSSR count). The maximum Gasteiger partial charge on any atom is 0.243 e. The van der Waals surface area contributed by atoms with Gasteiger partial charge >= 0.3 is 0 Å². The molecule has 1 amide bonds. The van der Waals surface area contributed by atoms with E-state index >= 15 is 0 Å². The van der Waals surface area contributed by atoms with E-state index in [1.165, 1.54) is 11.4 Å². The van der Waals surface area contributed by atoms with Gasteiger partial charge in [0.15, 0.2) is 0 Å². The second kappa shape index (κ2) is 7.76. The number of rotatable bonds is 5. The van der Waals surface area contributed by atoms with Crippen molar-refractivity contribution in [3.63, 3.8) is 0 Å². The van der Waals surface area contributed by atoms with E-state index in [-0.39, 0.29) is 18.6 Å². The monoisotopic (exact) mass is 444 g/mol. The molecule has 164 valence electrons. The van der Waals surface area contributed by atoms with Gasteiger partial charge in [0, 0.05) is 31.6 Å². The molecule has 0 radical (unpaired) electrons. The zero-order valence-electron chi connectivity index (χ0n) is 17.3. The highest BCUT2D eigenvalue weighted by atomic mass is 32.2. The number of nitrogens with zero attached hydrogens (tertiary/aromatic N) is 4. The molecule has 0 spiro atoms. The van der Waals surface area contributed by atoms with Crippen LogP contribution in [0.5, 0.6) is 11.8 Å². The molecule has 1 saturated heterocycles. The molecular weight excluding hydrogens is 420 g/mol. The van der Waals surface area contributed by atoms with E-state index in [2.05, 4.69) is 10.2 Å². The standard InChI is InChI=1S/C21H24N4O5S/c1-29-18-5-6-19(23-22-18)30-16-3-2-9-24(13-16)31(27,28)17-11-14-4-7-20(26)25-10-8-15(12-17)21(14)25/h5-6,11-12,16H,2-4,7-10,13H2,1H3. The minimum absolute atomic E-state index is 0.125. The molecule has 0 aliphatic carbocycles. The minimum Gasteiger partial charge on any atom is -0.480 e. The maximum absolute atomic E-state index is 13.4. The number of amides is 1. The number of hydrogen-bond acceptors (Lipinski definition) is 7. The van der Waals surface area contributed by atoms with Crippen molar-refractivity contribution >= 4 is 21.6 Å². The van der Waals surface area contributed by atoms with E-state index in [9.17, 15) is 13.2 Å². The summed E-state index contributed by atoms with van der Waals surface area (Å²) in [5.74, 6) is 0.859. The van der Waals surface area contributed by atoms with E-state index in [4.69, 9.17) is 9.47 Å². The van der Waals surface area contributed by atoms with Gasteiger partial charge in [-0.15, -0.1) is 10.2 Å². The van der Waals surface area contributed by atoms with Crippen LogP contribution in [0, 0.1) is 0 Å². The van der Waals surface area contributed by atoms with Crippen LogP contribution >= 0.6 is 0 Å². The molecule has 0 saturated carbocycles. The number of methoxy groups -OCH3 is 1. The molecule has 2 aromatic rings. The molecule has 9 nitrogen and oxygen atoms in total. The Morgan fingerprint density at radius 3 is 2.52 bits per heavy atom. The van der Waals surface area contributed by atoms with Gasteiger partial charge in [-0.2, -0.15) is 4.31 Å². The number of aryl methyl sites for hydroxylation is 1. The van der Waals surface area contributed by atoms with Gasteiger partial charge in [-0.05, 0) is 48.9 Å². The lowest BCUT2D eigenvalue weighted by Gasteiger charge is -2.32. The summed E-state index contributed by atoms with van der Waals surface area (Å²) < 4.78 is 39.3. The molecule has 1 fully saturated rings. The maximum atomic E-state index is 13.4. The molecule has 31 heavy (non-hydrogen) atoms. The van der Waals surface area contributed by atoms with Crippen LogP contribution in [0.3, 0.4) is 0 Å². The van der Waals surface area contributed by atoms with E-state index in [1.807, 2.05) is 0 Å². The summed E-state index contributed by atoms with van der Waals surface area (Å²) >= 11 is 0. The number of benzene rings is 1. The van der Waals surface area contributed by atoms with Crippen LogP contribution in [0.25, 0.3) is 0 Å². The van der Waals surface area contributed by atoms with Gasteiger partial charge in [0.25, 0.3) is 0 Å². The molecule has 3 aliphatic heterocycles. The summed E-state index contributed by atoms with van der Waals surface area (Å²) in [5, 5.41) is 7.86. The Labute approximate surface area is 181 Å². The first-order valence-electron chi connectivity index (χ1n) is 10.5. The molecule has 4 heterocycles. The Morgan fingerprint density at radius 1 is 1.03 bits per heavy atom. The average Bonchev–Trinajstić information content (AvgIpc) is 3.22. The Morgan fingerprint density at radius 2 is 1.77 bits per heavy atom. The Hall–Kier alpha value is -2.72. The van der Waals surface area contributed by atoms with Gasteiger partial charge in [-0.1, -0.05) is 0 Å². The highest BCUT2D eigenvalue weighted by Gasteiger charge is 2.36. The van der Waals surface area contributed by atoms with E-state index < -0.39 is 10.0 Å². The van der Waals surface area contributed by atoms with Crippen molar-refractivity contribution in [2.75, 3.05) is 31.6 Å². The van der Waals surface area contributed by atoms with Crippen molar-refractivity contribution in [3.8, 4) is 11.8 Å². The smallest absolute Gasteiger partial charge is 0.243 e. The molecular formula is C21H24N4O5S. The summed E-state index contributed by atoms with van der Waals surface area (Å²) in [7, 11) is -2.15. The normalized spacial score (nSPS) is 21.1.